The number of methoxy groups -OCH3 is 1. The molecule has 2 aliphatic rings. The molecule has 1 N–H and O–H groups in total. The van der Waals surface area contributed by atoms with Crippen LogP contribution in [0.2, 0.25) is 0 Å². The Balaban J connectivity index is 1.55. The number of H-pyrrole nitrogens is 1. The van der Waals surface area contributed by atoms with Crippen molar-refractivity contribution in [3.8, 4) is 5.75 Å². The summed E-state index contributed by atoms with van der Waals surface area (Å²) in [5.41, 5.74) is 2.98. The third-order valence-electron chi connectivity index (χ3n) is 5.38. The molecule has 0 atom stereocenters. The molecule has 4 rings (SSSR count). The van der Waals surface area contributed by atoms with Gasteiger partial charge in [-0.2, -0.15) is 0 Å². The van der Waals surface area contributed by atoms with Crippen LogP contribution in [-0.4, -0.2) is 41.6 Å². The smallest absolute Gasteiger partial charge is 0.255 e. The van der Waals surface area contributed by atoms with Crippen molar-refractivity contribution in [1.82, 2.24) is 14.9 Å². The number of piperidine rings is 1. The third kappa shape index (κ3) is 3.46. The van der Waals surface area contributed by atoms with E-state index in [0.29, 0.717) is 6.54 Å². The van der Waals surface area contributed by atoms with Crippen LogP contribution in [-0.2, 0) is 19.5 Å². The van der Waals surface area contributed by atoms with Crippen LogP contribution in [0.15, 0.2) is 29.1 Å². The highest BCUT2D eigenvalue weighted by molar-refractivity contribution is 5.36. The number of nitrogens with zero attached hydrogens (tertiary/aromatic N) is 3. The van der Waals surface area contributed by atoms with Gasteiger partial charge >= 0.3 is 0 Å². The largest absolute Gasteiger partial charge is 0.496 e. The van der Waals surface area contributed by atoms with Crippen LogP contribution in [0.5, 0.6) is 5.75 Å². The molecule has 0 radical (unpaired) electrons. The van der Waals surface area contributed by atoms with Crippen molar-refractivity contribution in [2.75, 3.05) is 31.6 Å². The van der Waals surface area contributed by atoms with E-state index < -0.39 is 0 Å². The molecule has 1 saturated heterocycles. The van der Waals surface area contributed by atoms with Gasteiger partial charge in [-0.05, 0) is 31.7 Å². The molecule has 0 amide bonds. The molecule has 2 aliphatic heterocycles. The molecule has 0 unspecified atom stereocenters. The second-order valence-electron chi connectivity index (χ2n) is 7.13. The Hall–Kier alpha value is -2.34. The summed E-state index contributed by atoms with van der Waals surface area (Å²) in [5.74, 6) is 1.65. The zero-order valence-electron chi connectivity index (χ0n) is 15.3. The first-order valence-electron chi connectivity index (χ1n) is 9.46. The summed E-state index contributed by atoms with van der Waals surface area (Å²) in [6, 6.07) is 8.11. The fraction of sp³-hybridized carbons (Fsp3) is 0.500. The molecule has 0 saturated carbocycles. The van der Waals surface area contributed by atoms with Crippen molar-refractivity contribution in [3.63, 3.8) is 0 Å². The third-order valence-corrected chi connectivity index (χ3v) is 5.38. The molecule has 1 aromatic heterocycles. The lowest BCUT2D eigenvalue weighted by atomic mass is 10.1. The Morgan fingerprint density at radius 1 is 1.15 bits per heavy atom. The summed E-state index contributed by atoms with van der Waals surface area (Å²) in [7, 11) is 1.70. The maximum Gasteiger partial charge on any atom is 0.255 e. The number of hydrogen-bond donors (Lipinski definition) is 1. The SMILES string of the molecule is COc1ccccc1CN1CCc2c(nc(N3CCCCC3)[nH]c2=O)C1. The summed E-state index contributed by atoms with van der Waals surface area (Å²) in [6.07, 6.45) is 4.34. The van der Waals surface area contributed by atoms with E-state index in [1.54, 1.807) is 7.11 Å². The Morgan fingerprint density at radius 2 is 1.96 bits per heavy atom. The zero-order valence-corrected chi connectivity index (χ0v) is 15.3. The van der Waals surface area contributed by atoms with Gasteiger partial charge in [-0.3, -0.25) is 14.7 Å². The van der Waals surface area contributed by atoms with Crippen LogP contribution in [0.25, 0.3) is 0 Å². The van der Waals surface area contributed by atoms with Gasteiger partial charge in [0.2, 0.25) is 5.95 Å². The number of aromatic amines is 1. The monoisotopic (exact) mass is 354 g/mol. The average molecular weight is 354 g/mol. The quantitative estimate of drug-likeness (QED) is 0.913. The first kappa shape index (κ1) is 17.1. The molecule has 2 aromatic rings. The van der Waals surface area contributed by atoms with Crippen LogP contribution in [0.1, 0.15) is 36.1 Å². The summed E-state index contributed by atoms with van der Waals surface area (Å²) in [5, 5.41) is 0. The van der Waals surface area contributed by atoms with Gasteiger partial charge in [0.25, 0.3) is 5.56 Å². The van der Waals surface area contributed by atoms with E-state index in [0.717, 1.165) is 55.6 Å². The van der Waals surface area contributed by atoms with Crippen molar-refractivity contribution in [1.29, 1.82) is 0 Å². The molecule has 0 bridgehead atoms. The van der Waals surface area contributed by atoms with E-state index in [4.69, 9.17) is 9.72 Å². The summed E-state index contributed by atoms with van der Waals surface area (Å²) in [6.45, 7) is 4.33. The maximum absolute atomic E-state index is 12.5. The van der Waals surface area contributed by atoms with Gasteiger partial charge in [0, 0.05) is 43.9 Å². The van der Waals surface area contributed by atoms with E-state index >= 15 is 0 Å². The molecule has 3 heterocycles. The topological polar surface area (TPSA) is 61.5 Å². The van der Waals surface area contributed by atoms with Gasteiger partial charge in [-0.15, -0.1) is 0 Å². The van der Waals surface area contributed by atoms with Crippen LogP contribution in [0.4, 0.5) is 5.95 Å². The number of benzene rings is 1. The lowest BCUT2D eigenvalue weighted by Gasteiger charge is -2.31. The Kier molecular flexibility index (Phi) is 4.93. The molecular weight excluding hydrogens is 328 g/mol. The minimum Gasteiger partial charge on any atom is -0.496 e. The number of hydrogen-bond acceptors (Lipinski definition) is 5. The van der Waals surface area contributed by atoms with E-state index in [1.807, 2.05) is 18.2 Å². The number of ether oxygens (including phenoxy) is 1. The number of anilines is 1. The van der Waals surface area contributed by atoms with Gasteiger partial charge in [-0.1, -0.05) is 18.2 Å². The number of rotatable bonds is 4. The van der Waals surface area contributed by atoms with Crippen LogP contribution in [0, 0.1) is 0 Å². The maximum atomic E-state index is 12.5. The first-order chi connectivity index (χ1) is 12.7. The Morgan fingerprint density at radius 3 is 2.77 bits per heavy atom. The van der Waals surface area contributed by atoms with E-state index in [9.17, 15) is 4.79 Å². The second-order valence-corrected chi connectivity index (χ2v) is 7.13. The highest BCUT2D eigenvalue weighted by Gasteiger charge is 2.23. The standard InChI is InChI=1S/C20H26N4O2/c1-26-18-8-4-3-7-15(18)13-23-12-9-16-17(14-23)21-20(22-19(16)25)24-10-5-2-6-11-24/h3-4,7-8H,2,5-6,9-14H2,1H3,(H,21,22,25). The van der Waals surface area contributed by atoms with Crippen molar-refractivity contribution < 1.29 is 4.74 Å². The van der Waals surface area contributed by atoms with Gasteiger partial charge < -0.3 is 9.64 Å². The molecule has 138 valence electrons. The Bertz CT molecular complexity index is 827. The number of para-hydroxylation sites is 1. The summed E-state index contributed by atoms with van der Waals surface area (Å²) in [4.78, 5) is 24.9. The molecule has 6 nitrogen and oxygen atoms in total. The van der Waals surface area contributed by atoms with Crippen molar-refractivity contribution in [2.45, 2.75) is 38.8 Å². The average Bonchev–Trinajstić information content (AvgIpc) is 2.69. The normalized spacial score (nSPS) is 17.8. The lowest BCUT2D eigenvalue weighted by Crippen LogP contribution is -2.38. The van der Waals surface area contributed by atoms with E-state index in [1.165, 1.54) is 24.8 Å². The predicted molar refractivity (Wildman–Crippen MR) is 102 cm³/mol. The first-order valence-corrected chi connectivity index (χ1v) is 9.46. The van der Waals surface area contributed by atoms with Crippen LogP contribution >= 0.6 is 0 Å². The number of fused-ring (bicyclic) bond motifs is 1. The van der Waals surface area contributed by atoms with Gasteiger partial charge in [-0.25, -0.2) is 4.98 Å². The molecule has 0 spiro atoms. The number of nitrogens with one attached hydrogen (secondary N) is 1. The molecule has 26 heavy (non-hydrogen) atoms. The zero-order chi connectivity index (χ0) is 17.9. The molecule has 0 aliphatic carbocycles. The van der Waals surface area contributed by atoms with Crippen molar-refractivity contribution in [3.05, 3.63) is 51.4 Å². The predicted octanol–water partition coefficient (Wildman–Crippen LogP) is 2.33. The highest BCUT2D eigenvalue weighted by atomic mass is 16.5. The van der Waals surface area contributed by atoms with Crippen LogP contribution < -0.4 is 15.2 Å². The van der Waals surface area contributed by atoms with Gasteiger partial charge in [0.05, 0.1) is 12.8 Å². The highest BCUT2D eigenvalue weighted by Crippen LogP contribution is 2.23. The van der Waals surface area contributed by atoms with Crippen molar-refractivity contribution in [2.24, 2.45) is 0 Å². The fourth-order valence-corrected chi connectivity index (χ4v) is 3.95. The lowest BCUT2D eigenvalue weighted by molar-refractivity contribution is 0.237. The minimum atomic E-state index is 0.0347. The minimum absolute atomic E-state index is 0.0347. The van der Waals surface area contributed by atoms with Crippen LogP contribution in [0.3, 0.4) is 0 Å². The van der Waals surface area contributed by atoms with E-state index in [2.05, 4.69) is 20.9 Å². The number of aromatic nitrogens is 2. The molecular formula is C20H26N4O2. The van der Waals surface area contributed by atoms with E-state index in [-0.39, 0.29) is 5.56 Å². The van der Waals surface area contributed by atoms with Gasteiger partial charge in [0.1, 0.15) is 5.75 Å². The fourth-order valence-electron chi connectivity index (χ4n) is 3.95. The van der Waals surface area contributed by atoms with Gasteiger partial charge in [0.15, 0.2) is 0 Å². The molecule has 1 fully saturated rings. The summed E-state index contributed by atoms with van der Waals surface area (Å²) < 4.78 is 5.47. The van der Waals surface area contributed by atoms with Crippen molar-refractivity contribution >= 4 is 5.95 Å². The molecule has 1 aromatic carbocycles. The summed E-state index contributed by atoms with van der Waals surface area (Å²) >= 11 is 0. The second kappa shape index (κ2) is 7.50. The molecule has 6 heteroatoms. The Labute approximate surface area is 153 Å².